The molecule has 1 fully saturated rings. The first-order valence-electron chi connectivity index (χ1n) is 7.47. The molecule has 1 unspecified atom stereocenters. The number of sulfonamides is 1. The molecule has 1 saturated heterocycles. The minimum absolute atomic E-state index is 0.0275. The van der Waals surface area contributed by atoms with Crippen molar-refractivity contribution in [3.63, 3.8) is 0 Å². The van der Waals surface area contributed by atoms with Gasteiger partial charge in [-0.3, -0.25) is 0 Å². The quantitative estimate of drug-likeness (QED) is 0.830. The molecule has 1 aliphatic heterocycles. The second-order valence-corrected chi connectivity index (χ2v) is 8.21. The van der Waals surface area contributed by atoms with Crippen molar-refractivity contribution in [2.75, 3.05) is 26.2 Å². The summed E-state index contributed by atoms with van der Waals surface area (Å²) in [6.45, 7) is 7.25. The minimum Gasteiger partial charge on any atom is -0.377 e. The van der Waals surface area contributed by atoms with Gasteiger partial charge in [0.1, 0.15) is 4.21 Å². The van der Waals surface area contributed by atoms with Crippen molar-refractivity contribution in [2.45, 2.75) is 43.5 Å². The van der Waals surface area contributed by atoms with Crippen LogP contribution in [-0.4, -0.2) is 45.1 Å². The average Bonchev–Trinajstić information content (AvgIpc) is 2.95. The summed E-state index contributed by atoms with van der Waals surface area (Å²) in [5, 5.41) is 5.13. The van der Waals surface area contributed by atoms with E-state index in [4.69, 9.17) is 4.74 Å². The Hall–Kier alpha value is -0.470. The fraction of sp³-hybridized carbons (Fsp3) is 0.714. The van der Waals surface area contributed by atoms with E-state index in [0.717, 1.165) is 24.9 Å². The molecule has 0 aromatic carbocycles. The predicted octanol–water partition coefficient (Wildman–Crippen LogP) is 2.05. The molecule has 0 amide bonds. The van der Waals surface area contributed by atoms with Crippen LogP contribution in [0.3, 0.4) is 0 Å². The van der Waals surface area contributed by atoms with Gasteiger partial charge in [-0.15, -0.1) is 11.3 Å². The maximum absolute atomic E-state index is 12.7. The van der Waals surface area contributed by atoms with Gasteiger partial charge in [-0.2, -0.15) is 4.31 Å². The van der Waals surface area contributed by atoms with Crippen LogP contribution in [0.5, 0.6) is 0 Å². The van der Waals surface area contributed by atoms with Crippen molar-refractivity contribution in [3.05, 3.63) is 17.0 Å². The summed E-state index contributed by atoms with van der Waals surface area (Å²) in [6, 6.07) is 1.78. The van der Waals surface area contributed by atoms with Gasteiger partial charge in [0.2, 0.25) is 0 Å². The van der Waals surface area contributed by atoms with Gasteiger partial charge in [0, 0.05) is 26.2 Å². The summed E-state index contributed by atoms with van der Waals surface area (Å²) in [7, 11) is -3.37. The number of ether oxygens (including phenoxy) is 1. The van der Waals surface area contributed by atoms with Gasteiger partial charge in [-0.05, 0) is 43.3 Å². The Bertz CT molecular complexity index is 540. The third-order valence-electron chi connectivity index (χ3n) is 3.55. The monoisotopic (exact) mass is 332 g/mol. The molecule has 0 spiro atoms. The summed E-state index contributed by atoms with van der Waals surface area (Å²) in [6.07, 6.45) is 1.83. The number of rotatable bonds is 7. The number of nitrogens with zero attached hydrogens (tertiary/aromatic N) is 1. The van der Waals surface area contributed by atoms with E-state index in [1.165, 1.54) is 11.3 Å². The van der Waals surface area contributed by atoms with Crippen LogP contribution in [-0.2, 0) is 21.3 Å². The molecule has 0 radical (unpaired) electrons. The van der Waals surface area contributed by atoms with Crippen LogP contribution in [0.1, 0.15) is 32.3 Å². The lowest BCUT2D eigenvalue weighted by atomic mass is 10.1. The van der Waals surface area contributed by atoms with E-state index in [1.807, 2.05) is 19.2 Å². The second kappa shape index (κ2) is 7.69. The van der Waals surface area contributed by atoms with Gasteiger partial charge in [-0.1, -0.05) is 6.92 Å². The lowest BCUT2D eigenvalue weighted by Gasteiger charge is -2.31. The SMILES string of the molecule is CCNCc1csc(S(=O)(=O)N2CCCC(OCC)C2)c1. The topological polar surface area (TPSA) is 58.6 Å². The van der Waals surface area contributed by atoms with Gasteiger partial charge in [-0.25, -0.2) is 8.42 Å². The molecule has 1 atom stereocenters. The first-order chi connectivity index (χ1) is 10.1. The van der Waals surface area contributed by atoms with Gasteiger partial charge in [0.25, 0.3) is 10.0 Å². The highest BCUT2D eigenvalue weighted by atomic mass is 32.2. The summed E-state index contributed by atoms with van der Waals surface area (Å²) in [4.78, 5) is 0. The maximum Gasteiger partial charge on any atom is 0.252 e. The van der Waals surface area contributed by atoms with E-state index in [0.29, 0.717) is 30.5 Å². The predicted molar refractivity (Wildman–Crippen MR) is 85.1 cm³/mol. The highest BCUT2D eigenvalue weighted by Gasteiger charge is 2.31. The first-order valence-corrected chi connectivity index (χ1v) is 9.79. The van der Waals surface area contributed by atoms with E-state index in [9.17, 15) is 8.42 Å². The fourth-order valence-corrected chi connectivity index (χ4v) is 5.34. The zero-order chi connectivity index (χ0) is 15.3. The highest BCUT2D eigenvalue weighted by Crippen LogP contribution is 2.27. The molecule has 21 heavy (non-hydrogen) atoms. The Morgan fingerprint density at radius 1 is 1.48 bits per heavy atom. The Kier molecular flexibility index (Phi) is 6.19. The van der Waals surface area contributed by atoms with E-state index < -0.39 is 10.0 Å². The largest absolute Gasteiger partial charge is 0.377 e. The maximum atomic E-state index is 12.7. The number of nitrogens with one attached hydrogen (secondary N) is 1. The molecule has 5 nitrogen and oxygen atoms in total. The molecule has 120 valence electrons. The van der Waals surface area contributed by atoms with Gasteiger partial charge in [0.15, 0.2) is 0 Å². The van der Waals surface area contributed by atoms with Crippen molar-refractivity contribution in [1.82, 2.24) is 9.62 Å². The minimum atomic E-state index is -3.37. The summed E-state index contributed by atoms with van der Waals surface area (Å²) in [5.74, 6) is 0. The molecule has 1 aromatic rings. The van der Waals surface area contributed by atoms with Crippen molar-refractivity contribution in [3.8, 4) is 0 Å². The molecule has 1 N–H and O–H groups in total. The number of hydrogen-bond donors (Lipinski definition) is 1. The van der Waals surface area contributed by atoms with E-state index in [1.54, 1.807) is 10.4 Å². The van der Waals surface area contributed by atoms with Crippen LogP contribution in [0.25, 0.3) is 0 Å². The lowest BCUT2D eigenvalue weighted by molar-refractivity contribution is 0.0265. The molecule has 1 aromatic heterocycles. The average molecular weight is 332 g/mol. The van der Waals surface area contributed by atoms with Gasteiger partial charge in [0.05, 0.1) is 6.10 Å². The third-order valence-corrected chi connectivity index (χ3v) is 6.88. The zero-order valence-corrected chi connectivity index (χ0v) is 14.3. The third kappa shape index (κ3) is 4.26. The smallest absolute Gasteiger partial charge is 0.252 e. The Morgan fingerprint density at radius 3 is 3.00 bits per heavy atom. The Balaban J connectivity index is 2.08. The normalized spacial score (nSPS) is 20.8. The zero-order valence-electron chi connectivity index (χ0n) is 12.7. The molecular formula is C14H24N2O3S2. The Morgan fingerprint density at radius 2 is 2.29 bits per heavy atom. The van der Waals surface area contributed by atoms with Crippen molar-refractivity contribution < 1.29 is 13.2 Å². The van der Waals surface area contributed by atoms with E-state index in [2.05, 4.69) is 5.32 Å². The lowest BCUT2D eigenvalue weighted by Crippen LogP contribution is -2.42. The molecule has 2 heterocycles. The molecule has 0 saturated carbocycles. The van der Waals surface area contributed by atoms with Crippen LogP contribution in [0, 0.1) is 0 Å². The summed E-state index contributed by atoms with van der Waals surface area (Å²) >= 11 is 1.30. The molecule has 1 aliphatic rings. The van der Waals surface area contributed by atoms with Crippen LogP contribution >= 0.6 is 11.3 Å². The van der Waals surface area contributed by atoms with E-state index in [-0.39, 0.29) is 6.10 Å². The summed E-state index contributed by atoms with van der Waals surface area (Å²) in [5.41, 5.74) is 1.03. The second-order valence-electron chi connectivity index (χ2n) is 5.14. The van der Waals surface area contributed by atoms with Crippen molar-refractivity contribution >= 4 is 21.4 Å². The highest BCUT2D eigenvalue weighted by molar-refractivity contribution is 7.91. The summed E-state index contributed by atoms with van der Waals surface area (Å²) < 4.78 is 33.0. The van der Waals surface area contributed by atoms with Crippen LogP contribution in [0.2, 0.25) is 0 Å². The molecule has 7 heteroatoms. The molecule has 2 rings (SSSR count). The van der Waals surface area contributed by atoms with Crippen molar-refractivity contribution in [1.29, 1.82) is 0 Å². The van der Waals surface area contributed by atoms with E-state index >= 15 is 0 Å². The fourth-order valence-electron chi connectivity index (χ4n) is 2.47. The number of thiophene rings is 1. The number of piperidine rings is 1. The van der Waals surface area contributed by atoms with Crippen LogP contribution in [0.15, 0.2) is 15.7 Å². The molecular weight excluding hydrogens is 308 g/mol. The van der Waals surface area contributed by atoms with Crippen LogP contribution in [0.4, 0.5) is 0 Å². The van der Waals surface area contributed by atoms with Crippen LogP contribution < -0.4 is 5.32 Å². The molecule has 0 aliphatic carbocycles. The number of hydrogen-bond acceptors (Lipinski definition) is 5. The van der Waals surface area contributed by atoms with Gasteiger partial charge >= 0.3 is 0 Å². The Labute approximate surface area is 131 Å². The standard InChI is InChI=1S/C14H24N2O3S2/c1-3-15-9-12-8-14(20-11-12)21(17,18)16-7-5-6-13(10-16)19-4-2/h8,11,13,15H,3-7,9-10H2,1-2H3. The molecule has 0 bridgehead atoms. The van der Waals surface area contributed by atoms with Gasteiger partial charge < -0.3 is 10.1 Å². The van der Waals surface area contributed by atoms with Crippen molar-refractivity contribution in [2.24, 2.45) is 0 Å². The first kappa shape index (κ1) is 16.9.